The van der Waals surface area contributed by atoms with Crippen LogP contribution in [-0.2, 0) is 11.2 Å². The third-order valence-electron chi connectivity index (χ3n) is 5.02. The standard InChI is InChI=1S/C21H32O2/c1-6-18-14-21(3,4)11-10-19(18)15-23-16(2)12-17-8-7-9-20(13-17)22-5/h7-9,13,15-16,18H,6,10-12,14H2,1-5H3/b19-15+. The van der Waals surface area contributed by atoms with Crippen LogP contribution in [-0.4, -0.2) is 13.2 Å². The lowest BCUT2D eigenvalue weighted by molar-refractivity contribution is 0.148. The molecule has 1 aliphatic rings. The number of rotatable bonds is 6. The molecule has 2 unspecified atom stereocenters. The van der Waals surface area contributed by atoms with Crippen LogP contribution in [0.15, 0.2) is 36.1 Å². The fourth-order valence-corrected chi connectivity index (χ4v) is 3.53. The zero-order chi connectivity index (χ0) is 16.9. The molecule has 0 radical (unpaired) electrons. The van der Waals surface area contributed by atoms with E-state index in [1.807, 2.05) is 12.1 Å². The molecule has 1 saturated carbocycles. The smallest absolute Gasteiger partial charge is 0.119 e. The predicted molar refractivity (Wildman–Crippen MR) is 96.7 cm³/mol. The van der Waals surface area contributed by atoms with Crippen LogP contribution < -0.4 is 4.74 Å². The molecule has 0 saturated heterocycles. The Balaban J connectivity index is 1.93. The fraction of sp³-hybridized carbons (Fsp3) is 0.619. The highest BCUT2D eigenvalue weighted by Gasteiger charge is 2.30. The van der Waals surface area contributed by atoms with E-state index in [2.05, 4.69) is 46.1 Å². The van der Waals surface area contributed by atoms with E-state index < -0.39 is 0 Å². The largest absolute Gasteiger partial charge is 0.498 e. The summed E-state index contributed by atoms with van der Waals surface area (Å²) >= 11 is 0. The molecular weight excluding hydrogens is 284 g/mol. The van der Waals surface area contributed by atoms with Gasteiger partial charge >= 0.3 is 0 Å². The van der Waals surface area contributed by atoms with Crippen molar-refractivity contribution in [1.82, 2.24) is 0 Å². The van der Waals surface area contributed by atoms with Gasteiger partial charge in [0.25, 0.3) is 0 Å². The molecule has 0 spiro atoms. The van der Waals surface area contributed by atoms with Crippen molar-refractivity contribution >= 4 is 0 Å². The summed E-state index contributed by atoms with van der Waals surface area (Å²) in [6.07, 6.45) is 8.09. The van der Waals surface area contributed by atoms with Crippen molar-refractivity contribution in [1.29, 1.82) is 0 Å². The molecule has 2 heteroatoms. The summed E-state index contributed by atoms with van der Waals surface area (Å²) in [6, 6.07) is 8.24. The van der Waals surface area contributed by atoms with Crippen LogP contribution >= 0.6 is 0 Å². The van der Waals surface area contributed by atoms with E-state index in [0.29, 0.717) is 11.3 Å². The molecule has 1 aromatic carbocycles. The zero-order valence-electron chi connectivity index (χ0n) is 15.4. The summed E-state index contributed by atoms with van der Waals surface area (Å²) in [6.45, 7) is 9.21. The molecule has 0 heterocycles. The summed E-state index contributed by atoms with van der Waals surface area (Å²) < 4.78 is 11.3. The van der Waals surface area contributed by atoms with Gasteiger partial charge in [-0.15, -0.1) is 0 Å². The molecule has 128 valence electrons. The van der Waals surface area contributed by atoms with Gasteiger partial charge in [0.15, 0.2) is 0 Å². The molecule has 0 aromatic heterocycles. The molecular formula is C21H32O2. The predicted octanol–water partition coefficient (Wildman–Crippen LogP) is 5.76. The quantitative estimate of drug-likeness (QED) is 0.621. The second-order valence-electron chi connectivity index (χ2n) is 7.67. The Morgan fingerprint density at radius 3 is 2.83 bits per heavy atom. The van der Waals surface area contributed by atoms with Gasteiger partial charge in [-0.2, -0.15) is 0 Å². The second-order valence-corrected chi connectivity index (χ2v) is 7.67. The van der Waals surface area contributed by atoms with Gasteiger partial charge in [-0.1, -0.05) is 32.9 Å². The first-order valence-electron chi connectivity index (χ1n) is 8.91. The first kappa shape index (κ1) is 17.9. The Bertz CT molecular complexity index is 530. The van der Waals surface area contributed by atoms with E-state index in [9.17, 15) is 0 Å². The monoisotopic (exact) mass is 316 g/mol. The summed E-state index contributed by atoms with van der Waals surface area (Å²) in [5.41, 5.74) is 3.24. The minimum atomic E-state index is 0.182. The molecule has 2 atom stereocenters. The minimum absolute atomic E-state index is 0.182. The van der Waals surface area contributed by atoms with Crippen LogP contribution in [0, 0.1) is 11.3 Å². The maximum Gasteiger partial charge on any atom is 0.119 e. The van der Waals surface area contributed by atoms with Crippen molar-refractivity contribution < 1.29 is 9.47 Å². The molecule has 0 bridgehead atoms. The molecule has 1 aromatic rings. The number of ether oxygens (including phenoxy) is 2. The van der Waals surface area contributed by atoms with Gasteiger partial charge in [-0.3, -0.25) is 0 Å². The van der Waals surface area contributed by atoms with Crippen LogP contribution in [0.25, 0.3) is 0 Å². The summed E-state index contributed by atoms with van der Waals surface area (Å²) in [4.78, 5) is 0. The van der Waals surface area contributed by atoms with Crippen molar-refractivity contribution in [2.24, 2.45) is 11.3 Å². The van der Waals surface area contributed by atoms with E-state index in [-0.39, 0.29) is 6.10 Å². The molecule has 1 fully saturated rings. The second kappa shape index (κ2) is 7.90. The minimum Gasteiger partial charge on any atom is -0.498 e. The Morgan fingerprint density at radius 2 is 2.13 bits per heavy atom. The molecule has 2 nitrogen and oxygen atoms in total. The van der Waals surface area contributed by atoms with Crippen LogP contribution in [0.4, 0.5) is 0 Å². The van der Waals surface area contributed by atoms with Crippen molar-refractivity contribution in [3.05, 3.63) is 41.7 Å². The number of allylic oxidation sites excluding steroid dienone is 1. The normalized spacial score (nSPS) is 23.5. The Kier molecular flexibility index (Phi) is 6.15. The maximum atomic E-state index is 6.06. The molecule has 23 heavy (non-hydrogen) atoms. The lowest BCUT2D eigenvalue weighted by Crippen LogP contribution is -2.24. The Morgan fingerprint density at radius 1 is 1.35 bits per heavy atom. The highest BCUT2D eigenvalue weighted by Crippen LogP contribution is 2.42. The van der Waals surface area contributed by atoms with Crippen molar-refractivity contribution in [3.63, 3.8) is 0 Å². The van der Waals surface area contributed by atoms with Gasteiger partial charge in [-0.25, -0.2) is 0 Å². The van der Waals surface area contributed by atoms with Gasteiger partial charge in [0.2, 0.25) is 0 Å². The topological polar surface area (TPSA) is 18.5 Å². The van der Waals surface area contributed by atoms with Gasteiger partial charge in [0.05, 0.1) is 19.5 Å². The number of methoxy groups -OCH3 is 1. The molecule has 2 rings (SSSR count). The van der Waals surface area contributed by atoms with Crippen molar-refractivity contribution in [2.75, 3.05) is 7.11 Å². The van der Waals surface area contributed by atoms with Gasteiger partial charge in [0.1, 0.15) is 5.75 Å². The summed E-state index contributed by atoms with van der Waals surface area (Å²) in [5, 5.41) is 0. The third-order valence-corrected chi connectivity index (χ3v) is 5.02. The third kappa shape index (κ3) is 5.30. The van der Waals surface area contributed by atoms with Crippen molar-refractivity contribution in [3.8, 4) is 5.75 Å². The summed E-state index contributed by atoms with van der Waals surface area (Å²) in [5.74, 6) is 1.59. The van der Waals surface area contributed by atoms with E-state index >= 15 is 0 Å². The average Bonchev–Trinajstić information content (AvgIpc) is 2.53. The molecule has 1 aliphatic carbocycles. The average molecular weight is 316 g/mol. The first-order chi connectivity index (χ1) is 10.9. The Labute approximate surface area is 141 Å². The molecule has 0 N–H and O–H groups in total. The van der Waals surface area contributed by atoms with E-state index in [1.54, 1.807) is 7.11 Å². The van der Waals surface area contributed by atoms with E-state index in [4.69, 9.17) is 9.47 Å². The number of hydrogen-bond donors (Lipinski definition) is 0. The first-order valence-corrected chi connectivity index (χ1v) is 8.91. The lowest BCUT2D eigenvalue weighted by Gasteiger charge is -2.36. The highest BCUT2D eigenvalue weighted by atomic mass is 16.5. The zero-order valence-corrected chi connectivity index (χ0v) is 15.4. The van der Waals surface area contributed by atoms with Crippen LogP contribution in [0.2, 0.25) is 0 Å². The van der Waals surface area contributed by atoms with Crippen LogP contribution in [0.3, 0.4) is 0 Å². The van der Waals surface area contributed by atoms with Crippen molar-refractivity contribution in [2.45, 2.75) is 65.9 Å². The SMILES string of the molecule is CCC1CC(C)(C)CC/C1=C\OC(C)Cc1cccc(OC)c1. The highest BCUT2D eigenvalue weighted by molar-refractivity contribution is 5.28. The van der Waals surface area contributed by atoms with Gasteiger partial charge < -0.3 is 9.47 Å². The Hall–Kier alpha value is -1.44. The van der Waals surface area contributed by atoms with Crippen LogP contribution in [0.1, 0.15) is 58.9 Å². The number of hydrogen-bond acceptors (Lipinski definition) is 2. The fourth-order valence-electron chi connectivity index (χ4n) is 3.53. The van der Waals surface area contributed by atoms with Gasteiger partial charge in [0, 0.05) is 6.42 Å². The maximum absolute atomic E-state index is 6.06. The van der Waals surface area contributed by atoms with E-state index in [0.717, 1.165) is 12.2 Å². The van der Waals surface area contributed by atoms with E-state index in [1.165, 1.54) is 36.8 Å². The lowest BCUT2D eigenvalue weighted by atomic mass is 9.69. The number of benzene rings is 1. The molecule has 0 aliphatic heterocycles. The van der Waals surface area contributed by atoms with Gasteiger partial charge in [-0.05, 0) is 67.2 Å². The molecule has 0 amide bonds. The van der Waals surface area contributed by atoms with Crippen LogP contribution in [0.5, 0.6) is 5.75 Å². The summed E-state index contributed by atoms with van der Waals surface area (Å²) in [7, 11) is 1.71.